The molecule has 6 heteroatoms. The van der Waals surface area contributed by atoms with Crippen molar-refractivity contribution in [2.45, 2.75) is 20.0 Å². The molecule has 1 N–H and O–H groups in total. The number of nitrogens with one attached hydrogen (secondary N) is 1. The lowest BCUT2D eigenvalue weighted by Crippen LogP contribution is -2.11. The summed E-state index contributed by atoms with van der Waals surface area (Å²) >= 11 is 0. The summed E-state index contributed by atoms with van der Waals surface area (Å²) < 4.78 is 15.3. The Kier molecular flexibility index (Phi) is 4.83. The van der Waals surface area contributed by atoms with Gasteiger partial charge in [0.05, 0.1) is 13.2 Å². The van der Waals surface area contributed by atoms with Crippen molar-refractivity contribution in [2.24, 2.45) is 0 Å². The molecule has 1 aliphatic rings. The topological polar surface area (TPSA) is 73.9 Å². The Bertz CT molecular complexity index is 646. The van der Waals surface area contributed by atoms with Crippen molar-refractivity contribution >= 4 is 18.1 Å². The molecule has 0 radical (unpaired) electrons. The van der Waals surface area contributed by atoms with Crippen LogP contribution in [-0.2, 0) is 9.53 Å². The smallest absolute Gasteiger partial charge is 0.419 e. The van der Waals surface area contributed by atoms with Gasteiger partial charge in [-0.05, 0) is 37.6 Å². The molecule has 1 amide bonds. The van der Waals surface area contributed by atoms with E-state index >= 15 is 0 Å². The van der Waals surface area contributed by atoms with Gasteiger partial charge in [0.1, 0.15) is 5.70 Å². The maximum atomic E-state index is 11.2. The minimum absolute atomic E-state index is 0.0528. The third kappa shape index (κ3) is 3.88. The lowest BCUT2D eigenvalue weighted by atomic mass is 10.2. The number of ether oxygens (including phenoxy) is 3. The molecule has 1 aliphatic heterocycles. The van der Waals surface area contributed by atoms with Crippen LogP contribution in [0.3, 0.4) is 0 Å². The summed E-state index contributed by atoms with van der Waals surface area (Å²) in [5.41, 5.74) is 0.968. The quantitative estimate of drug-likeness (QED) is 0.514. The fourth-order valence-corrected chi connectivity index (χ4v) is 1.83. The van der Waals surface area contributed by atoms with Gasteiger partial charge in [-0.1, -0.05) is 18.2 Å². The SMILES string of the molecule is COc1cc(C=CC=C2NC(=O)OC2=O)ccc1OC(C)C. The second-order valence-corrected chi connectivity index (χ2v) is 4.82. The molecule has 0 bridgehead atoms. The van der Waals surface area contributed by atoms with E-state index in [9.17, 15) is 9.59 Å². The molecule has 2 rings (SSSR count). The van der Waals surface area contributed by atoms with E-state index in [0.29, 0.717) is 11.5 Å². The molecule has 1 aromatic carbocycles. The summed E-state index contributed by atoms with van der Waals surface area (Å²) in [5, 5.41) is 2.30. The van der Waals surface area contributed by atoms with Gasteiger partial charge in [-0.2, -0.15) is 0 Å². The van der Waals surface area contributed by atoms with Crippen molar-refractivity contribution in [1.29, 1.82) is 0 Å². The van der Waals surface area contributed by atoms with E-state index < -0.39 is 12.1 Å². The number of carbonyl (C=O) groups is 2. The molecule has 1 aromatic rings. The fraction of sp³-hybridized carbons (Fsp3) is 0.250. The van der Waals surface area contributed by atoms with Crippen LogP contribution in [0, 0.1) is 0 Å². The van der Waals surface area contributed by atoms with Gasteiger partial charge in [-0.25, -0.2) is 9.59 Å². The highest BCUT2D eigenvalue weighted by molar-refractivity contribution is 6.04. The summed E-state index contributed by atoms with van der Waals surface area (Å²) in [6.45, 7) is 3.88. The van der Waals surface area contributed by atoms with Crippen molar-refractivity contribution in [1.82, 2.24) is 5.32 Å². The second kappa shape index (κ2) is 6.80. The molecule has 0 atom stereocenters. The Morgan fingerprint density at radius 2 is 2.00 bits per heavy atom. The standard InChI is InChI=1S/C16H17NO5/c1-10(2)21-13-8-7-11(9-14(13)20-3)5-4-6-12-15(18)22-16(19)17-12/h4-10H,1-3H3,(H,17,19). The average molecular weight is 303 g/mol. The third-order valence-electron chi connectivity index (χ3n) is 2.74. The highest BCUT2D eigenvalue weighted by atomic mass is 16.6. The van der Waals surface area contributed by atoms with E-state index in [4.69, 9.17) is 9.47 Å². The van der Waals surface area contributed by atoms with E-state index in [-0.39, 0.29) is 11.8 Å². The van der Waals surface area contributed by atoms with Gasteiger partial charge in [0.2, 0.25) is 0 Å². The number of alkyl carbamates (subject to hydrolysis) is 1. The molecule has 1 saturated heterocycles. The first-order chi connectivity index (χ1) is 10.5. The summed E-state index contributed by atoms with van der Waals surface area (Å²) in [7, 11) is 1.57. The summed E-state index contributed by atoms with van der Waals surface area (Å²) in [4.78, 5) is 22.1. The summed E-state index contributed by atoms with van der Waals surface area (Å²) in [6.07, 6.45) is 4.17. The maximum absolute atomic E-state index is 11.2. The molecule has 0 unspecified atom stereocenters. The zero-order chi connectivity index (χ0) is 16.1. The first-order valence-electron chi connectivity index (χ1n) is 6.76. The second-order valence-electron chi connectivity index (χ2n) is 4.82. The van der Waals surface area contributed by atoms with Crippen LogP contribution in [0.15, 0.2) is 36.0 Å². The molecule has 116 valence electrons. The van der Waals surface area contributed by atoms with E-state index in [1.165, 1.54) is 6.08 Å². The third-order valence-corrected chi connectivity index (χ3v) is 2.74. The first-order valence-corrected chi connectivity index (χ1v) is 6.76. The number of amides is 1. The Hall–Kier alpha value is -2.76. The van der Waals surface area contributed by atoms with Crippen LogP contribution in [0.4, 0.5) is 4.79 Å². The maximum Gasteiger partial charge on any atom is 0.419 e. The number of hydrogen-bond acceptors (Lipinski definition) is 5. The monoisotopic (exact) mass is 303 g/mol. The van der Waals surface area contributed by atoms with Crippen LogP contribution in [0.5, 0.6) is 11.5 Å². The zero-order valence-corrected chi connectivity index (χ0v) is 12.6. The molecule has 0 spiro atoms. The first kappa shape index (κ1) is 15.6. The van der Waals surface area contributed by atoms with Gasteiger partial charge in [0.25, 0.3) is 0 Å². The van der Waals surface area contributed by atoms with Crippen LogP contribution in [-0.4, -0.2) is 25.3 Å². The van der Waals surface area contributed by atoms with Crippen molar-refractivity contribution in [3.05, 3.63) is 41.6 Å². The Balaban J connectivity index is 2.13. The number of methoxy groups -OCH3 is 1. The Morgan fingerprint density at radius 1 is 1.23 bits per heavy atom. The summed E-state index contributed by atoms with van der Waals surface area (Å²) in [5.74, 6) is 0.602. The highest BCUT2D eigenvalue weighted by Crippen LogP contribution is 2.29. The van der Waals surface area contributed by atoms with Crippen LogP contribution in [0.2, 0.25) is 0 Å². The molecule has 0 saturated carbocycles. The van der Waals surface area contributed by atoms with Gasteiger partial charge in [-0.3, -0.25) is 5.32 Å². The molecule has 1 fully saturated rings. The molecular formula is C16H17NO5. The van der Waals surface area contributed by atoms with Gasteiger partial charge < -0.3 is 14.2 Å². The highest BCUT2D eigenvalue weighted by Gasteiger charge is 2.25. The van der Waals surface area contributed by atoms with Crippen LogP contribution < -0.4 is 14.8 Å². The van der Waals surface area contributed by atoms with Crippen LogP contribution in [0.1, 0.15) is 19.4 Å². The van der Waals surface area contributed by atoms with Gasteiger partial charge >= 0.3 is 12.1 Å². The normalized spacial score (nSPS) is 16.3. The molecule has 1 heterocycles. The number of allylic oxidation sites excluding steroid dienone is 2. The fourth-order valence-electron chi connectivity index (χ4n) is 1.83. The Labute approximate surface area is 128 Å². The summed E-state index contributed by atoms with van der Waals surface area (Å²) in [6, 6.07) is 5.50. The molecule has 0 aliphatic carbocycles. The number of hydrogen-bond donors (Lipinski definition) is 1. The van der Waals surface area contributed by atoms with E-state index in [0.717, 1.165) is 5.56 Å². The number of rotatable bonds is 5. The lowest BCUT2D eigenvalue weighted by Gasteiger charge is -2.13. The van der Waals surface area contributed by atoms with Crippen molar-refractivity contribution in [2.75, 3.05) is 7.11 Å². The Morgan fingerprint density at radius 3 is 2.59 bits per heavy atom. The number of esters is 1. The predicted molar refractivity (Wildman–Crippen MR) is 80.5 cm³/mol. The molecule has 6 nitrogen and oxygen atoms in total. The predicted octanol–water partition coefficient (Wildman–Crippen LogP) is 2.65. The minimum Gasteiger partial charge on any atom is -0.493 e. The van der Waals surface area contributed by atoms with Gasteiger partial charge in [-0.15, -0.1) is 0 Å². The molecule has 0 aromatic heterocycles. The van der Waals surface area contributed by atoms with E-state index in [1.807, 2.05) is 32.0 Å². The van der Waals surface area contributed by atoms with Crippen molar-refractivity contribution in [3.8, 4) is 11.5 Å². The van der Waals surface area contributed by atoms with Crippen molar-refractivity contribution in [3.63, 3.8) is 0 Å². The largest absolute Gasteiger partial charge is 0.493 e. The molecule has 22 heavy (non-hydrogen) atoms. The molecular weight excluding hydrogens is 286 g/mol. The van der Waals surface area contributed by atoms with Crippen LogP contribution >= 0.6 is 0 Å². The number of benzene rings is 1. The number of carbonyl (C=O) groups excluding carboxylic acids is 2. The van der Waals surface area contributed by atoms with Gasteiger partial charge in [0, 0.05) is 0 Å². The number of cyclic esters (lactones) is 2. The zero-order valence-electron chi connectivity index (χ0n) is 12.6. The van der Waals surface area contributed by atoms with Crippen molar-refractivity contribution < 1.29 is 23.8 Å². The lowest BCUT2D eigenvalue weighted by molar-refractivity contribution is -0.130. The average Bonchev–Trinajstić information content (AvgIpc) is 2.78. The van der Waals surface area contributed by atoms with E-state index in [2.05, 4.69) is 10.1 Å². The van der Waals surface area contributed by atoms with Gasteiger partial charge in [0.15, 0.2) is 11.5 Å². The van der Waals surface area contributed by atoms with E-state index in [1.54, 1.807) is 19.3 Å². The minimum atomic E-state index is -0.762. The van der Waals surface area contributed by atoms with Crippen LogP contribution in [0.25, 0.3) is 6.08 Å².